The summed E-state index contributed by atoms with van der Waals surface area (Å²) in [6, 6.07) is 9.63. The van der Waals surface area contributed by atoms with Crippen LogP contribution in [0, 0.1) is 0 Å². The second kappa shape index (κ2) is 5.70. The van der Waals surface area contributed by atoms with E-state index in [1.165, 1.54) is 29.3 Å². The van der Waals surface area contributed by atoms with Gasteiger partial charge in [0, 0.05) is 47.3 Å². The van der Waals surface area contributed by atoms with Gasteiger partial charge in [-0.3, -0.25) is 4.79 Å². The predicted octanol–water partition coefficient (Wildman–Crippen LogP) is 3.13. The molecule has 118 valence electrons. The van der Waals surface area contributed by atoms with Crippen LogP contribution in [0.5, 0.6) is 0 Å². The van der Waals surface area contributed by atoms with Crippen LogP contribution < -0.4 is 5.43 Å². The lowest BCUT2D eigenvalue weighted by atomic mass is 9.89. The van der Waals surface area contributed by atoms with Crippen LogP contribution in [-0.2, 0) is 0 Å². The molecule has 1 aliphatic heterocycles. The number of hydrogen-bond acceptors (Lipinski definition) is 2. The quantitative estimate of drug-likeness (QED) is 0.790. The van der Waals surface area contributed by atoms with E-state index in [9.17, 15) is 4.79 Å². The summed E-state index contributed by atoms with van der Waals surface area (Å²) in [6.07, 6.45) is 8.25. The van der Waals surface area contributed by atoms with Crippen LogP contribution in [0.4, 0.5) is 0 Å². The minimum atomic E-state index is 0.0380. The molecule has 0 bridgehead atoms. The molecule has 0 amide bonds. The zero-order chi connectivity index (χ0) is 15.8. The normalized spacial score (nSPS) is 16.9. The van der Waals surface area contributed by atoms with Crippen LogP contribution in [-0.4, -0.2) is 34.6 Å². The molecule has 0 saturated carbocycles. The van der Waals surface area contributed by atoms with Gasteiger partial charge in [-0.15, -0.1) is 0 Å². The number of aromatic amines is 1. The molecule has 3 aromatic rings. The van der Waals surface area contributed by atoms with Gasteiger partial charge >= 0.3 is 0 Å². The SMILES string of the molecule is CN1CCC(c2c[nH]c3ccc(-n4ccc(=O)cc4)cc23)CC1. The molecule has 0 spiro atoms. The Morgan fingerprint density at radius 3 is 2.57 bits per heavy atom. The van der Waals surface area contributed by atoms with Crippen molar-refractivity contribution < 1.29 is 0 Å². The Hall–Kier alpha value is -2.33. The van der Waals surface area contributed by atoms with Gasteiger partial charge in [0.25, 0.3) is 0 Å². The van der Waals surface area contributed by atoms with Gasteiger partial charge in [-0.2, -0.15) is 0 Å². The molecule has 3 heterocycles. The summed E-state index contributed by atoms with van der Waals surface area (Å²) < 4.78 is 1.99. The number of benzene rings is 1. The molecule has 1 fully saturated rings. The number of hydrogen-bond donors (Lipinski definition) is 1. The minimum absolute atomic E-state index is 0.0380. The van der Waals surface area contributed by atoms with Crippen molar-refractivity contribution in [2.24, 2.45) is 0 Å². The van der Waals surface area contributed by atoms with Crippen LogP contribution in [0.2, 0.25) is 0 Å². The molecular formula is C19H21N3O. The van der Waals surface area contributed by atoms with E-state index in [4.69, 9.17) is 0 Å². The molecule has 1 aromatic carbocycles. The first kappa shape index (κ1) is 14.3. The third kappa shape index (κ3) is 2.70. The molecular weight excluding hydrogens is 286 g/mol. The highest BCUT2D eigenvalue weighted by Gasteiger charge is 2.21. The van der Waals surface area contributed by atoms with Gasteiger partial charge in [0.15, 0.2) is 5.43 Å². The Bertz CT molecular complexity index is 865. The maximum Gasteiger partial charge on any atom is 0.181 e. The number of aromatic nitrogens is 2. The zero-order valence-corrected chi connectivity index (χ0v) is 13.3. The standard InChI is InChI=1S/C19H21N3O/c1-21-8-4-14(5-9-21)18-13-20-19-3-2-15(12-17(18)19)22-10-6-16(23)7-11-22/h2-3,6-7,10-14,20H,4-5,8-9H2,1H3. The first-order chi connectivity index (χ1) is 11.2. The highest BCUT2D eigenvalue weighted by atomic mass is 16.1. The molecule has 23 heavy (non-hydrogen) atoms. The number of rotatable bonds is 2. The van der Waals surface area contributed by atoms with E-state index in [0.29, 0.717) is 5.92 Å². The molecule has 0 radical (unpaired) electrons. The smallest absolute Gasteiger partial charge is 0.181 e. The Morgan fingerprint density at radius 2 is 1.83 bits per heavy atom. The van der Waals surface area contributed by atoms with Crippen LogP contribution in [0.25, 0.3) is 16.6 Å². The van der Waals surface area contributed by atoms with Gasteiger partial charge in [0.05, 0.1) is 0 Å². The van der Waals surface area contributed by atoms with Crippen molar-refractivity contribution in [1.29, 1.82) is 0 Å². The van der Waals surface area contributed by atoms with Gasteiger partial charge in [-0.25, -0.2) is 0 Å². The van der Waals surface area contributed by atoms with Crippen molar-refractivity contribution in [3.8, 4) is 5.69 Å². The number of nitrogens with one attached hydrogen (secondary N) is 1. The average molecular weight is 307 g/mol. The molecule has 1 saturated heterocycles. The molecule has 1 aliphatic rings. The van der Waals surface area contributed by atoms with E-state index in [2.05, 4.69) is 41.3 Å². The van der Waals surface area contributed by atoms with E-state index in [-0.39, 0.29) is 5.43 Å². The summed E-state index contributed by atoms with van der Waals surface area (Å²) in [7, 11) is 2.19. The van der Waals surface area contributed by atoms with Crippen LogP contribution in [0.3, 0.4) is 0 Å². The van der Waals surface area contributed by atoms with E-state index in [1.807, 2.05) is 17.0 Å². The van der Waals surface area contributed by atoms with E-state index in [1.54, 1.807) is 12.1 Å². The lowest BCUT2D eigenvalue weighted by molar-refractivity contribution is 0.256. The molecule has 1 N–H and O–H groups in total. The molecule has 4 heteroatoms. The fourth-order valence-electron chi connectivity index (χ4n) is 3.53. The molecule has 0 aliphatic carbocycles. The molecule has 4 rings (SSSR count). The maximum absolute atomic E-state index is 11.3. The number of fused-ring (bicyclic) bond motifs is 1. The monoisotopic (exact) mass is 307 g/mol. The summed E-state index contributed by atoms with van der Waals surface area (Å²) in [5, 5.41) is 1.30. The third-order valence-corrected chi connectivity index (χ3v) is 4.95. The lowest BCUT2D eigenvalue weighted by Crippen LogP contribution is -2.29. The van der Waals surface area contributed by atoms with Crippen molar-refractivity contribution in [3.05, 3.63) is 64.7 Å². The Balaban J connectivity index is 1.74. The molecule has 0 atom stereocenters. The first-order valence-electron chi connectivity index (χ1n) is 8.19. The van der Waals surface area contributed by atoms with Crippen LogP contribution in [0.1, 0.15) is 24.3 Å². The van der Waals surface area contributed by atoms with E-state index >= 15 is 0 Å². The Kier molecular flexibility index (Phi) is 3.54. The highest BCUT2D eigenvalue weighted by Crippen LogP contribution is 2.33. The van der Waals surface area contributed by atoms with Crippen LogP contribution in [0.15, 0.2) is 53.7 Å². The van der Waals surface area contributed by atoms with Gasteiger partial charge in [0.1, 0.15) is 0 Å². The number of H-pyrrole nitrogens is 1. The first-order valence-corrected chi connectivity index (χ1v) is 8.19. The summed E-state index contributed by atoms with van der Waals surface area (Å²) in [4.78, 5) is 17.1. The molecule has 4 nitrogen and oxygen atoms in total. The fraction of sp³-hybridized carbons (Fsp3) is 0.316. The van der Waals surface area contributed by atoms with Gasteiger partial charge < -0.3 is 14.5 Å². The summed E-state index contributed by atoms with van der Waals surface area (Å²) in [5.74, 6) is 0.629. The maximum atomic E-state index is 11.3. The number of nitrogens with zero attached hydrogens (tertiary/aromatic N) is 2. The van der Waals surface area contributed by atoms with Crippen molar-refractivity contribution in [2.45, 2.75) is 18.8 Å². The third-order valence-electron chi connectivity index (χ3n) is 4.95. The van der Waals surface area contributed by atoms with Crippen LogP contribution >= 0.6 is 0 Å². The summed E-state index contributed by atoms with van der Waals surface area (Å²) in [5.41, 5.74) is 3.74. The molecule has 0 unspecified atom stereocenters. The zero-order valence-electron chi connectivity index (χ0n) is 13.3. The second-order valence-electron chi connectivity index (χ2n) is 6.49. The van der Waals surface area contributed by atoms with Crippen molar-refractivity contribution in [3.63, 3.8) is 0 Å². The predicted molar refractivity (Wildman–Crippen MR) is 93.4 cm³/mol. The van der Waals surface area contributed by atoms with Crippen molar-refractivity contribution >= 4 is 10.9 Å². The second-order valence-corrected chi connectivity index (χ2v) is 6.49. The Labute approximate surface area is 135 Å². The summed E-state index contributed by atoms with van der Waals surface area (Å²) >= 11 is 0. The van der Waals surface area contributed by atoms with Crippen molar-refractivity contribution in [2.75, 3.05) is 20.1 Å². The summed E-state index contributed by atoms with van der Waals surface area (Å²) in [6.45, 7) is 2.33. The van der Waals surface area contributed by atoms with Crippen molar-refractivity contribution in [1.82, 2.24) is 14.5 Å². The average Bonchev–Trinajstić information content (AvgIpc) is 2.99. The van der Waals surface area contributed by atoms with Gasteiger partial charge in [-0.1, -0.05) is 0 Å². The number of likely N-dealkylation sites (tertiary alicyclic amines) is 1. The largest absolute Gasteiger partial charge is 0.361 e. The fourth-order valence-corrected chi connectivity index (χ4v) is 3.53. The van der Waals surface area contributed by atoms with E-state index in [0.717, 1.165) is 18.8 Å². The van der Waals surface area contributed by atoms with Gasteiger partial charge in [-0.05, 0) is 62.7 Å². The minimum Gasteiger partial charge on any atom is -0.361 e. The number of piperidine rings is 1. The van der Waals surface area contributed by atoms with Gasteiger partial charge in [0.2, 0.25) is 0 Å². The number of pyridine rings is 1. The van der Waals surface area contributed by atoms with E-state index < -0.39 is 0 Å². The molecule has 2 aromatic heterocycles. The lowest BCUT2D eigenvalue weighted by Gasteiger charge is -2.28. The highest BCUT2D eigenvalue weighted by molar-refractivity contribution is 5.85. The Morgan fingerprint density at radius 1 is 1.09 bits per heavy atom. The topological polar surface area (TPSA) is 41.0 Å².